The molecular formula is C14H24N2O4. The van der Waals surface area contributed by atoms with Gasteiger partial charge in [0, 0.05) is 26.2 Å². The normalized spacial score (nSPS) is 30.6. The fourth-order valence-corrected chi connectivity index (χ4v) is 2.99. The minimum absolute atomic E-state index is 0.0386. The summed E-state index contributed by atoms with van der Waals surface area (Å²) in [5.41, 5.74) is -0.758. The minimum Gasteiger partial charge on any atom is -0.481 e. The quantitative estimate of drug-likeness (QED) is 0.850. The zero-order chi connectivity index (χ0) is 14.8. The van der Waals surface area contributed by atoms with E-state index in [-0.39, 0.29) is 12.1 Å². The minimum atomic E-state index is -0.788. The molecule has 2 unspecified atom stereocenters. The van der Waals surface area contributed by atoms with Crippen molar-refractivity contribution in [3.8, 4) is 0 Å². The van der Waals surface area contributed by atoms with E-state index in [1.54, 1.807) is 9.80 Å². The Balaban J connectivity index is 1.99. The summed E-state index contributed by atoms with van der Waals surface area (Å²) in [6, 6.07) is -0.0386. The van der Waals surface area contributed by atoms with E-state index in [0.29, 0.717) is 45.6 Å². The van der Waals surface area contributed by atoms with Crippen molar-refractivity contribution < 1.29 is 19.4 Å². The SMILES string of the molecule is CCC1CN(C(=O)N2CCC(CC)(C(=O)O)C2)CCO1. The highest BCUT2D eigenvalue weighted by Crippen LogP contribution is 2.34. The van der Waals surface area contributed by atoms with E-state index in [1.165, 1.54) is 0 Å². The molecule has 0 bridgehead atoms. The van der Waals surface area contributed by atoms with Crippen LogP contribution in [0.3, 0.4) is 0 Å². The van der Waals surface area contributed by atoms with Crippen LogP contribution >= 0.6 is 0 Å². The molecule has 2 fully saturated rings. The molecule has 0 spiro atoms. The van der Waals surface area contributed by atoms with Gasteiger partial charge in [0.1, 0.15) is 0 Å². The van der Waals surface area contributed by atoms with Crippen molar-refractivity contribution >= 4 is 12.0 Å². The Hall–Kier alpha value is -1.30. The van der Waals surface area contributed by atoms with Gasteiger partial charge >= 0.3 is 12.0 Å². The standard InChI is InChI=1S/C14H24N2O4/c1-3-11-9-15(7-8-20-11)13(19)16-6-5-14(4-2,10-16)12(17)18/h11H,3-10H2,1-2H3,(H,17,18). The lowest BCUT2D eigenvalue weighted by atomic mass is 9.84. The van der Waals surface area contributed by atoms with Crippen LogP contribution in [-0.4, -0.2) is 65.8 Å². The van der Waals surface area contributed by atoms with E-state index in [2.05, 4.69) is 0 Å². The topological polar surface area (TPSA) is 70.1 Å². The third kappa shape index (κ3) is 2.75. The lowest BCUT2D eigenvalue weighted by molar-refractivity contribution is -0.148. The summed E-state index contributed by atoms with van der Waals surface area (Å²) in [6.07, 6.45) is 2.10. The van der Waals surface area contributed by atoms with Gasteiger partial charge < -0.3 is 19.6 Å². The molecule has 2 atom stereocenters. The molecule has 0 aliphatic carbocycles. The molecule has 2 rings (SSSR count). The number of ether oxygens (including phenoxy) is 1. The second-order valence-electron chi connectivity index (χ2n) is 5.74. The fraction of sp³-hybridized carbons (Fsp3) is 0.857. The van der Waals surface area contributed by atoms with Gasteiger partial charge in [0.2, 0.25) is 0 Å². The molecule has 2 amide bonds. The maximum Gasteiger partial charge on any atom is 0.320 e. The number of hydrogen-bond acceptors (Lipinski definition) is 3. The fourth-order valence-electron chi connectivity index (χ4n) is 2.99. The summed E-state index contributed by atoms with van der Waals surface area (Å²) in [7, 11) is 0. The molecular weight excluding hydrogens is 260 g/mol. The highest BCUT2D eigenvalue weighted by atomic mass is 16.5. The van der Waals surface area contributed by atoms with Crippen molar-refractivity contribution in [3.63, 3.8) is 0 Å². The molecule has 0 radical (unpaired) electrons. The Morgan fingerprint density at radius 1 is 1.30 bits per heavy atom. The summed E-state index contributed by atoms with van der Waals surface area (Å²) in [6.45, 7) is 6.55. The molecule has 0 aromatic carbocycles. The predicted molar refractivity (Wildman–Crippen MR) is 73.5 cm³/mol. The number of rotatable bonds is 3. The van der Waals surface area contributed by atoms with Gasteiger partial charge in [0.05, 0.1) is 18.1 Å². The van der Waals surface area contributed by atoms with Crippen LogP contribution < -0.4 is 0 Å². The average Bonchev–Trinajstić information content (AvgIpc) is 2.92. The number of hydrogen-bond donors (Lipinski definition) is 1. The number of morpholine rings is 1. The van der Waals surface area contributed by atoms with Crippen molar-refractivity contribution in [1.82, 2.24) is 9.80 Å². The van der Waals surface area contributed by atoms with Crippen LogP contribution in [0.4, 0.5) is 4.79 Å². The molecule has 1 N–H and O–H groups in total. The van der Waals surface area contributed by atoms with Crippen molar-refractivity contribution in [2.45, 2.75) is 39.2 Å². The zero-order valence-electron chi connectivity index (χ0n) is 12.3. The number of carbonyl (C=O) groups excluding carboxylic acids is 1. The first kappa shape index (κ1) is 15.1. The highest BCUT2D eigenvalue weighted by molar-refractivity contribution is 5.79. The summed E-state index contributed by atoms with van der Waals surface area (Å²) >= 11 is 0. The van der Waals surface area contributed by atoms with Gasteiger partial charge in [0.15, 0.2) is 0 Å². The number of nitrogens with zero attached hydrogens (tertiary/aromatic N) is 2. The van der Waals surface area contributed by atoms with Gasteiger partial charge in [-0.1, -0.05) is 13.8 Å². The average molecular weight is 284 g/mol. The van der Waals surface area contributed by atoms with E-state index < -0.39 is 11.4 Å². The van der Waals surface area contributed by atoms with Crippen LogP contribution in [0.2, 0.25) is 0 Å². The Morgan fingerprint density at radius 3 is 2.60 bits per heavy atom. The van der Waals surface area contributed by atoms with E-state index >= 15 is 0 Å². The Kier molecular flexibility index (Phi) is 4.52. The molecule has 114 valence electrons. The third-order valence-electron chi connectivity index (χ3n) is 4.62. The molecule has 2 heterocycles. The number of carbonyl (C=O) groups is 2. The van der Waals surface area contributed by atoms with Crippen LogP contribution in [-0.2, 0) is 9.53 Å². The van der Waals surface area contributed by atoms with Crippen LogP contribution in [0.25, 0.3) is 0 Å². The smallest absolute Gasteiger partial charge is 0.320 e. The lowest BCUT2D eigenvalue weighted by Crippen LogP contribution is -2.51. The van der Waals surface area contributed by atoms with Crippen molar-refractivity contribution in [1.29, 1.82) is 0 Å². The molecule has 6 nitrogen and oxygen atoms in total. The second kappa shape index (κ2) is 5.99. The second-order valence-corrected chi connectivity index (χ2v) is 5.74. The zero-order valence-corrected chi connectivity index (χ0v) is 12.3. The molecule has 2 saturated heterocycles. The van der Waals surface area contributed by atoms with Gasteiger partial charge in [0.25, 0.3) is 0 Å². The maximum absolute atomic E-state index is 12.5. The Bertz CT molecular complexity index is 387. The molecule has 2 aliphatic rings. The van der Waals surface area contributed by atoms with Gasteiger partial charge in [-0.2, -0.15) is 0 Å². The molecule has 20 heavy (non-hydrogen) atoms. The van der Waals surface area contributed by atoms with Gasteiger partial charge in [-0.15, -0.1) is 0 Å². The van der Waals surface area contributed by atoms with Crippen molar-refractivity contribution in [2.75, 3.05) is 32.8 Å². The first-order valence-electron chi connectivity index (χ1n) is 7.41. The van der Waals surface area contributed by atoms with Gasteiger partial charge in [-0.3, -0.25) is 4.79 Å². The third-order valence-corrected chi connectivity index (χ3v) is 4.62. The summed E-state index contributed by atoms with van der Waals surface area (Å²) in [4.78, 5) is 27.4. The first-order chi connectivity index (χ1) is 9.52. The lowest BCUT2D eigenvalue weighted by Gasteiger charge is -2.35. The van der Waals surface area contributed by atoms with Crippen LogP contribution in [0.15, 0.2) is 0 Å². The summed E-state index contributed by atoms with van der Waals surface area (Å²) < 4.78 is 5.56. The van der Waals surface area contributed by atoms with Crippen molar-refractivity contribution in [2.24, 2.45) is 5.41 Å². The van der Waals surface area contributed by atoms with E-state index in [1.807, 2.05) is 13.8 Å². The molecule has 0 aromatic rings. The molecule has 0 aromatic heterocycles. The number of aliphatic carboxylic acids is 1. The molecule has 6 heteroatoms. The number of carboxylic acid groups (broad SMARTS) is 1. The number of carboxylic acids is 1. The van der Waals surface area contributed by atoms with E-state index in [9.17, 15) is 14.7 Å². The number of likely N-dealkylation sites (tertiary alicyclic amines) is 1. The first-order valence-corrected chi connectivity index (χ1v) is 7.41. The Labute approximate surface area is 119 Å². The predicted octanol–water partition coefficient (Wildman–Crippen LogP) is 1.40. The molecule has 2 aliphatic heterocycles. The molecule has 0 saturated carbocycles. The van der Waals surface area contributed by atoms with Gasteiger partial charge in [-0.25, -0.2) is 4.79 Å². The van der Waals surface area contributed by atoms with Crippen molar-refractivity contribution in [3.05, 3.63) is 0 Å². The summed E-state index contributed by atoms with van der Waals surface area (Å²) in [5, 5.41) is 9.38. The van der Waals surface area contributed by atoms with Crippen LogP contribution in [0.1, 0.15) is 33.1 Å². The van der Waals surface area contributed by atoms with E-state index in [0.717, 1.165) is 6.42 Å². The highest BCUT2D eigenvalue weighted by Gasteiger charge is 2.45. The maximum atomic E-state index is 12.5. The van der Waals surface area contributed by atoms with Crippen LogP contribution in [0, 0.1) is 5.41 Å². The van der Waals surface area contributed by atoms with Crippen LogP contribution in [0.5, 0.6) is 0 Å². The largest absolute Gasteiger partial charge is 0.481 e. The Morgan fingerprint density at radius 2 is 2.05 bits per heavy atom. The monoisotopic (exact) mass is 284 g/mol. The van der Waals surface area contributed by atoms with Gasteiger partial charge in [-0.05, 0) is 19.3 Å². The summed E-state index contributed by atoms with van der Waals surface area (Å²) in [5.74, 6) is -0.788. The number of amides is 2. The van der Waals surface area contributed by atoms with E-state index in [4.69, 9.17) is 4.74 Å². The number of urea groups is 1.